The third-order valence-electron chi connectivity index (χ3n) is 3.92. The van der Waals surface area contributed by atoms with Gasteiger partial charge in [0.2, 0.25) is 0 Å². The molecule has 2 aromatic rings. The van der Waals surface area contributed by atoms with Crippen molar-refractivity contribution in [3.8, 4) is 0 Å². The molecule has 0 heterocycles. The summed E-state index contributed by atoms with van der Waals surface area (Å²) >= 11 is 0. The lowest BCUT2D eigenvalue weighted by Crippen LogP contribution is -2.30. The van der Waals surface area contributed by atoms with Gasteiger partial charge in [-0.3, -0.25) is 0 Å². The molecule has 0 fully saturated rings. The van der Waals surface area contributed by atoms with E-state index in [4.69, 9.17) is 9.84 Å². The number of halogens is 2. The van der Waals surface area contributed by atoms with E-state index in [-0.39, 0.29) is 19.6 Å². The Labute approximate surface area is 159 Å². The highest BCUT2D eigenvalue weighted by molar-refractivity contribution is 5.88. The molecule has 2 rings (SSSR count). The fraction of sp³-hybridized carbons (Fsp3) is 0.263. The molecule has 0 bridgehead atoms. The summed E-state index contributed by atoms with van der Waals surface area (Å²) in [6.45, 7) is -0.0446. The number of rotatable bonds is 8. The van der Waals surface area contributed by atoms with Crippen LogP contribution in [0.1, 0.15) is 34.0 Å². The number of carbonyl (C=O) groups is 2. The van der Waals surface area contributed by atoms with Gasteiger partial charge in [0.1, 0.15) is 24.3 Å². The molecule has 0 spiro atoms. The predicted molar refractivity (Wildman–Crippen MR) is 93.5 cm³/mol. The molecule has 4 N–H and O–H groups in total. The maximum atomic E-state index is 13.8. The number of aliphatic hydroxyl groups is 2. The number of ether oxygens (including phenoxy) is 1. The van der Waals surface area contributed by atoms with Crippen molar-refractivity contribution in [1.29, 1.82) is 0 Å². The van der Waals surface area contributed by atoms with E-state index in [1.807, 2.05) is 6.07 Å². The van der Waals surface area contributed by atoms with E-state index in [9.17, 15) is 28.6 Å². The molecule has 2 atom stereocenters. The lowest BCUT2D eigenvalue weighted by atomic mass is 9.99. The highest BCUT2D eigenvalue weighted by Crippen LogP contribution is 2.25. The molecule has 0 aliphatic rings. The smallest absolute Gasteiger partial charge is 0.407 e. The number of hydrogen-bond acceptors (Lipinski definition) is 5. The number of aliphatic hydroxyl groups excluding tert-OH is 2. The summed E-state index contributed by atoms with van der Waals surface area (Å²) < 4.78 is 32.2. The molecule has 7 nitrogen and oxygen atoms in total. The second-order valence-electron chi connectivity index (χ2n) is 5.95. The number of carboxylic acids is 1. The van der Waals surface area contributed by atoms with E-state index in [1.54, 1.807) is 24.3 Å². The predicted octanol–water partition coefficient (Wildman–Crippen LogP) is 2.37. The van der Waals surface area contributed by atoms with Gasteiger partial charge in [0.25, 0.3) is 0 Å². The highest BCUT2D eigenvalue weighted by Gasteiger charge is 2.25. The number of hydrogen-bond donors (Lipinski definition) is 4. The monoisotopic (exact) mass is 395 g/mol. The molecule has 1 amide bonds. The van der Waals surface area contributed by atoms with Gasteiger partial charge in [-0.1, -0.05) is 30.3 Å². The first-order valence-electron chi connectivity index (χ1n) is 8.32. The summed E-state index contributed by atoms with van der Waals surface area (Å²) in [5, 5.41) is 31.2. The Morgan fingerprint density at radius 2 is 1.75 bits per heavy atom. The van der Waals surface area contributed by atoms with E-state index in [0.29, 0.717) is 12.1 Å². The third-order valence-corrected chi connectivity index (χ3v) is 3.92. The standard InChI is InChI=1S/C19H19F2NO6/c20-14-9-15(21)13(18(25)26)8-12(14)17(24)16(23)6-7-22-19(27)28-10-11-4-2-1-3-5-11/h1-5,8-9,16-17,23-24H,6-7,10H2,(H,22,27)(H,25,26). The lowest BCUT2D eigenvalue weighted by Gasteiger charge is -2.19. The molecule has 2 unspecified atom stereocenters. The second kappa shape index (κ2) is 9.77. The molecule has 150 valence electrons. The molecule has 0 saturated heterocycles. The van der Waals surface area contributed by atoms with Crippen molar-refractivity contribution < 1.29 is 38.4 Å². The Balaban J connectivity index is 1.85. The van der Waals surface area contributed by atoms with Gasteiger partial charge in [-0.2, -0.15) is 0 Å². The van der Waals surface area contributed by atoms with Crippen molar-refractivity contribution in [2.75, 3.05) is 6.54 Å². The Hall–Kier alpha value is -3.04. The molecule has 9 heteroatoms. The second-order valence-corrected chi connectivity index (χ2v) is 5.95. The van der Waals surface area contributed by atoms with Gasteiger partial charge in [0.15, 0.2) is 0 Å². The van der Waals surface area contributed by atoms with Crippen molar-refractivity contribution in [3.05, 3.63) is 70.8 Å². The molecule has 0 aliphatic carbocycles. The van der Waals surface area contributed by atoms with Crippen molar-refractivity contribution in [1.82, 2.24) is 5.32 Å². The molecule has 28 heavy (non-hydrogen) atoms. The number of carboxylic acid groups (broad SMARTS) is 1. The topological polar surface area (TPSA) is 116 Å². The average molecular weight is 395 g/mol. The molecule has 0 saturated carbocycles. The average Bonchev–Trinajstić information content (AvgIpc) is 2.66. The van der Waals surface area contributed by atoms with Crippen LogP contribution in [0.2, 0.25) is 0 Å². The zero-order chi connectivity index (χ0) is 20.7. The number of amides is 1. The summed E-state index contributed by atoms with van der Waals surface area (Å²) in [6.07, 6.45) is -4.26. The van der Waals surface area contributed by atoms with Gasteiger partial charge in [-0.15, -0.1) is 0 Å². The van der Waals surface area contributed by atoms with E-state index < -0.39 is 47.0 Å². The molecular formula is C19H19F2NO6. The van der Waals surface area contributed by atoms with Crippen molar-refractivity contribution in [2.24, 2.45) is 0 Å². The zero-order valence-electron chi connectivity index (χ0n) is 14.6. The van der Waals surface area contributed by atoms with Crippen LogP contribution in [-0.2, 0) is 11.3 Å². The van der Waals surface area contributed by atoms with Gasteiger partial charge in [0.05, 0.1) is 11.7 Å². The largest absolute Gasteiger partial charge is 0.478 e. The number of benzene rings is 2. The van der Waals surface area contributed by atoms with Crippen LogP contribution in [0.15, 0.2) is 42.5 Å². The maximum Gasteiger partial charge on any atom is 0.407 e. The Morgan fingerprint density at radius 3 is 2.39 bits per heavy atom. The molecule has 0 aromatic heterocycles. The number of aromatic carboxylic acids is 1. The van der Waals surface area contributed by atoms with Gasteiger partial charge in [-0.25, -0.2) is 18.4 Å². The summed E-state index contributed by atoms with van der Waals surface area (Å²) in [6, 6.07) is 9.90. The zero-order valence-corrected chi connectivity index (χ0v) is 14.6. The first-order valence-corrected chi connectivity index (χ1v) is 8.32. The van der Waals surface area contributed by atoms with Crippen molar-refractivity contribution >= 4 is 12.1 Å². The van der Waals surface area contributed by atoms with E-state index in [0.717, 1.165) is 5.56 Å². The van der Waals surface area contributed by atoms with E-state index in [1.165, 1.54) is 0 Å². The van der Waals surface area contributed by atoms with Crippen molar-refractivity contribution in [2.45, 2.75) is 25.2 Å². The lowest BCUT2D eigenvalue weighted by molar-refractivity contribution is 0.0114. The maximum absolute atomic E-state index is 13.8. The van der Waals surface area contributed by atoms with Crippen LogP contribution in [0.25, 0.3) is 0 Å². The molecular weight excluding hydrogens is 376 g/mol. The minimum absolute atomic E-state index is 0.0522. The fourth-order valence-corrected chi connectivity index (χ4v) is 2.42. The van der Waals surface area contributed by atoms with Crippen LogP contribution in [-0.4, -0.2) is 40.0 Å². The summed E-state index contributed by atoms with van der Waals surface area (Å²) in [7, 11) is 0. The Kier molecular flexibility index (Phi) is 7.42. The Morgan fingerprint density at radius 1 is 1.07 bits per heavy atom. The van der Waals surface area contributed by atoms with Crippen LogP contribution in [0.5, 0.6) is 0 Å². The van der Waals surface area contributed by atoms with Gasteiger partial charge < -0.3 is 25.4 Å². The quantitative estimate of drug-likeness (QED) is 0.545. The minimum Gasteiger partial charge on any atom is -0.478 e. The Bertz CT molecular complexity index is 831. The van der Waals surface area contributed by atoms with Crippen LogP contribution < -0.4 is 5.32 Å². The first kappa shape index (κ1) is 21.3. The number of alkyl carbamates (subject to hydrolysis) is 1. The minimum atomic E-state index is -1.80. The van der Waals surface area contributed by atoms with Gasteiger partial charge in [0, 0.05) is 18.2 Å². The number of carbonyl (C=O) groups excluding carboxylic acids is 1. The SMILES string of the molecule is O=C(NCCC(O)C(O)c1cc(C(=O)O)c(F)cc1F)OCc1ccccc1. The third kappa shape index (κ3) is 5.73. The fourth-order valence-electron chi connectivity index (χ4n) is 2.42. The van der Waals surface area contributed by atoms with Gasteiger partial charge in [-0.05, 0) is 18.1 Å². The summed E-state index contributed by atoms with van der Waals surface area (Å²) in [4.78, 5) is 22.5. The van der Waals surface area contributed by atoms with E-state index >= 15 is 0 Å². The highest BCUT2D eigenvalue weighted by atomic mass is 19.1. The van der Waals surface area contributed by atoms with E-state index in [2.05, 4.69) is 5.32 Å². The number of nitrogens with one attached hydrogen (secondary N) is 1. The van der Waals surface area contributed by atoms with Crippen LogP contribution >= 0.6 is 0 Å². The summed E-state index contributed by atoms with van der Waals surface area (Å²) in [5.41, 5.74) is -0.600. The normalized spacial score (nSPS) is 12.9. The molecule has 0 radical (unpaired) electrons. The van der Waals surface area contributed by atoms with Crippen LogP contribution in [0.4, 0.5) is 13.6 Å². The molecule has 0 aliphatic heterocycles. The first-order chi connectivity index (χ1) is 13.3. The van der Waals surface area contributed by atoms with Gasteiger partial charge >= 0.3 is 12.1 Å². The van der Waals surface area contributed by atoms with Crippen LogP contribution in [0.3, 0.4) is 0 Å². The van der Waals surface area contributed by atoms with Crippen molar-refractivity contribution in [3.63, 3.8) is 0 Å². The summed E-state index contributed by atoms with van der Waals surface area (Å²) in [5.74, 6) is -4.12. The van der Waals surface area contributed by atoms with Crippen LogP contribution in [0, 0.1) is 11.6 Å². The molecule has 2 aromatic carbocycles.